The highest BCUT2D eigenvalue weighted by Gasteiger charge is 2.51. The summed E-state index contributed by atoms with van der Waals surface area (Å²) in [5.41, 5.74) is 4.97. The molecule has 2 N–H and O–H groups in total. The zero-order chi connectivity index (χ0) is 22.3. The van der Waals surface area contributed by atoms with Gasteiger partial charge in [-0.15, -0.1) is 0 Å². The SMILES string of the molecule is CC(=O)Nc1cccc(-c2cc(NC(=O)C3(c4ccc5c(c4)OCO5)CC3)ccc2C)c1.[HH]. The first-order valence-electron chi connectivity index (χ1n) is 10.6. The number of carbonyl (C=O) groups is 2. The molecule has 3 aromatic rings. The summed E-state index contributed by atoms with van der Waals surface area (Å²) in [5, 5.41) is 5.93. The minimum Gasteiger partial charge on any atom is -0.454 e. The summed E-state index contributed by atoms with van der Waals surface area (Å²) in [5.74, 6) is 1.28. The maximum atomic E-state index is 13.3. The minimum atomic E-state index is -0.530. The summed E-state index contributed by atoms with van der Waals surface area (Å²) >= 11 is 0. The lowest BCUT2D eigenvalue weighted by Crippen LogP contribution is -2.27. The van der Waals surface area contributed by atoms with Gasteiger partial charge in [0.05, 0.1) is 5.41 Å². The van der Waals surface area contributed by atoms with Crippen molar-refractivity contribution in [1.82, 2.24) is 0 Å². The molecule has 5 rings (SSSR count). The fraction of sp³-hybridized carbons (Fsp3) is 0.231. The second-order valence-corrected chi connectivity index (χ2v) is 8.40. The van der Waals surface area contributed by atoms with Gasteiger partial charge in [0.25, 0.3) is 0 Å². The topological polar surface area (TPSA) is 76.7 Å². The molecule has 0 unspecified atom stereocenters. The summed E-state index contributed by atoms with van der Waals surface area (Å²) < 4.78 is 10.9. The van der Waals surface area contributed by atoms with Crippen LogP contribution >= 0.6 is 0 Å². The van der Waals surface area contributed by atoms with E-state index >= 15 is 0 Å². The van der Waals surface area contributed by atoms with Crippen molar-refractivity contribution >= 4 is 23.2 Å². The maximum Gasteiger partial charge on any atom is 0.235 e. The highest BCUT2D eigenvalue weighted by Crippen LogP contribution is 2.51. The van der Waals surface area contributed by atoms with Crippen molar-refractivity contribution in [3.8, 4) is 22.6 Å². The van der Waals surface area contributed by atoms with Crippen LogP contribution in [0.3, 0.4) is 0 Å². The molecule has 164 valence electrons. The molecule has 0 aromatic heterocycles. The fourth-order valence-electron chi connectivity index (χ4n) is 4.20. The fourth-order valence-corrected chi connectivity index (χ4v) is 4.20. The average Bonchev–Trinajstić information content (AvgIpc) is 3.46. The van der Waals surface area contributed by atoms with Gasteiger partial charge in [-0.3, -0.25) is 9.59 Å². The first kappa shape index (κ1) is 20.1. The summed E-state index contributed by atoms with van der Waals surface area (Å²) in [7, 11) is 0. The first-order valence-corrected chi connectivity index (χ1v) is 10.6. The normalized spacial score (nSPS) is 15.2. The maximum absolute atomic E-state index is 13.3. The molecule has 6 heteroatoms. The average molecular weight is 431 g/mol. The molecule has 0 radical (unpaired) electrons. The number of ether oxygens (including phenoxy) is 2. The molecule has 0 spiro atoms. The highest BCUT2D eigenvalue weighted by atomic mass is 16.7. The Kier molecular flexibility index (Phi) is 4.85. The van der Waals surface area contributed by atoms with Crippen molar-refractivity contribution in [2.75, 3.05) is 17.4 Å². The van der Waals surface area contributed by atoms with Crippen LogP contribution in [0.5, 0.6) is 11.5 Å². The second-order valence-electron chi connectivity index (χ2n) is 8.40. The number of aryl methyl sites for hydroxylation is 1. The summed E-state index contributed by atoms with van der Waals surface area (Å²) in [6, 6.07) is 19.3. The van der Waals surface area contributed by atoms with E-state index < -0.39 is 5.41 Å². The van der Waals surface area contributed by atoms with E-state index in [4.69, 9.17) is 9.47 Å². The number of rotatable bonds is 5. The van der Waals surface area contributed by atoms with E-state index in [1.54, 1.807) is 0 Å². The molecular formula is C26H26N2O4. The third kappa shape index (κ3) is 3.68. The van der Waals surface area contributed by atoms with Gasteiger partial charge in [-0.2, -0.15) is 0 Å². The summed E-state index contributed by atoms with van der Waals surface area (Å²) in [6.45, 7) is 3.73. The lowest BCUT2D eigenvalue weighted by atomic mass is 9.94. The van der Waals surface area contributed by atoms with Crippen LogP contribution in [0.1, 0.15) is 32.3 Å². The number of nitrogens with one attached hydrogen (secondary N) is 2. The van der Waals surface area contributed by atoms with Crippen LogP contribution in [0, 0.1) is 6.92 Å². The van der Waals surface area contributed by atoms with E-state index in [0.29, 0.717) is 5.75 Å². The zero-order valence-corrected chi connectivity index (χ0v) is 18.0. The second kappa shape index (κ2) is 7.71. The number of hydrogen-bond donors (Lipinski definition) is 2. The molecule has 0 atom stereocenters. The van der Waals surface area contributed by atoms with Crippen LogP contribution in [0.2, 0.25) is 0 Å². The Bertz CT molecular complexity index is 1240. The Morgan fingerprint density at radius 2 is 1.69 bits per heavy atom. The number of amides is 2. The number of carbonyl (C=O) groups excluding carboxylic acids is 2. The van der Waals surface area contributed by atoms with Gasteiger partial charge in [-0.1, -0.05) is 24.3 Å². The largest absolute Gasteiger partial charge is 0.454 e. The molecule has 32 heavy (non-hydrogen) atoms. The molecule has 2 aliphatic rings. The lowest BCUT2D eigenvalue weighted by molar-refractivity contribution is -0.118. The third-order valence-electron chi connectivity index (χ3n) is 6.10. The Morgan fingerprint density at radius 1 is 0.906 bits per heavy atom. The van der Waals surface area contributed by atoms with Crippen LogP contribution in [0.15, 0.2) is 60.7 Å². The van der Waals surface area contributed by atoms with E-state index in [-0.39, 0.29) is 20.0 Å². The molecule has 2 amide bonds. The van der Waals surface area contributed by atoms with E-state index in [0.717, 1.165) is 52.2 Å². The summed E-state index contributed by atoms with van der Waals surface area (Å²) in [4.78, 5) is 24.7. The monoisotopic (exact) mass is 430 g/mol. The number of benzene rings is 3. The quantitative estimate of drug-likeness (QED) is 0.578. The number of anilines is 2. The van der Waals surface area contributed by atoms with Crippen molar-refractivity contribution in [3.05, 3.63) is 71.8 Å². The predicted molar refractivity (Wildman–Crippen MR) is 125 cm³/mol. The van der Waals surface area contributed by atoms with E-state index in [9.17, 15) is 9.59 Å². The van der Waals surface area contributed by atoms with Crippen LogP contribution in [0.25, 0.3) is 11.1 Å². The molecule has 0 saturated heterocycles. The van der Waals surface area contributed by atoms with Crippen LogP contribution < -0.4 is 20.1 Å². The minimum absolute atomic E-state index is 0. The highest BCUT2D eigenvalue weighted by molar-refractivity contribution is 6.02. The molecule has 1 aliphatic heterocycles. The van der Waals surface area contributed by atoms with Crippen molar-refractivity contribution in [3.63, 3.8) is 0 Å². The van der Waals surface area contributed by atoms with E-state index in [2.05, 4.69) is 10.6 Å². The molecule has 1 aliphatic carbocycles. The van der Waals surface area contributed by atoms with Gasteiger partial charge in [0.15, 0.2) is 11.5 Å². The van der Waals surface area contributed by atoms with Gasteiger partial charge in [0, 0.05) is 19.7 Å². The number of hydrogen-bond acceptors (Lipinski definition) is 4. The van der Waals surface area contributed by atoms with Gasteiger partial charge in [-0.05, 0) is 78.4 Å². The van der Waals surface area contributed by atoms with Crippen molar-refractivity contribution in [2.24, 2.45) is 0 Å². The molecule has 0 bridgehead atoms. The smallest absolute Gasteiger partial charge is 0.235 e. The molecule has 6 nitrogen and oxygen atoms in total. The van der Waals surface area contributed by atoms with Gasteiger partial charge < -0.3 is 20.1 Å². The first-order chi connectivity index (χ1) is 15.4. The Hall–Kier alpha value is -3.80. The van der Waals surface area contributed by atoms with E-state index in [1.807, 2.05) is 67.6 Å². The third-order valence-corrected chi connectivity index (χ3v) is 6.10. The Morgan fingerprint density at radius 3 is 2.47 bits per heavy atom. The number of fused-ring (bicyclic) bond motifs is 1. The molecule has 1 fully saturated rings. The van der Waals surface area contributed by atoms with Crippen molar-refractivity contribution in [2.45, 2.75) is 32.1 Å². The molecular weight excluding hydrogens is 404 g/mol. The van der Waals surface area contributed by atoms with Gasteiger partial charge >= 0.3 is 0 Å². The standard InChI is InChI=1S/C26H24N2O4.H2/c1-16-6-8-21(14-22(16)18-4-3-5-20(12-18)27-17(2)29)28-25(30)26(10-11-26)19-7-9-23-24(13-19)32-15-31-23;/h3-9,12-14H,10-11,15H2,1-2H3,(H,27,29)(H,28,30);1H. The molecule has 1 saturated carbocycles. The van der Waals surface area contributed by atoms with Gasteiger partial charge in [0.1, 0.15) is 0 Å². The van der Waals surface area contributed by atoms with Crippen LogP contribution in [0.4, 0.5) is 11.4 Å². The summed E-state index contributed by atoms with van der Waals surface area (Å²) in [6.07, 6.45) is 1.60. The zero-order valence-electron chi connectivity index (χ0n) is 18.0. The predicted octanol–water partition coefficient (Wildman–Crippen LogP) is 5.27. The van der Waals surface area contributed by atoms with Gasteiger partial charge in [-0.25, -0.2) is 0 Å². The van der Waals surface area contributed by atoms with Crippen LogP contribution in [-0.2, 0) is 15.0 Å². The Labute approximate surface area is 188 Å². The molecule has 1 heterocycles. The van der Waals surface area contributed by atoms with Crippen LogP contribution in [-0.4, -0.2) is 18.6 Å². The van der Waals surface area contributed by atoms with Gasteiger partial charge in [0.2, 0.25) is 18.6 Å². The lowest BCUT2D eigenvalue weighted by Gasteiger charge is -2.17. The van der Waals surface area contributed by atoms with E-state index in [1.165, 1.54) is 6.92 Å². The van der Waals surface area contributed by atoms with Crippen molar-refractivity contribution in [1.29, 1.82) is 0 Å². The Balaban J connectivity index is 0.00000259. The molecule has 3 aromatic carbocycles. The van der Waals surface area contributed by atoms with Crippen molar-refractivity contribution < 1.29 is 20.5 Å².